The molecule has 92 valence electrons. The Hall–Kier alpha value is -1.82. The van der Waals surface area contributed by atoms with Crippen LogP contribution in [0.2, 0.25) is 0 Å². The highest BCUT2D eigenvalue weighted by Gasteiger charge is 2.17. The summed E-state index contributed by atoms with van der Waals surface area (Å²) in [6, 6.07) is 3.32. The predicted octanol–water partition coefficient (Wildman–Crippen LogP) is 0.892. The molecule has 0 aromatic heterocycles. The van der Waals surface area contributed by atoms with Crippen LogP contribution in [-0.4, -0.2) is 27.2 Å². The summed E-state index contributed by atoms with van der Waals surface area (Å²) in [6.07, 6.45) is 0.569. The van der Waals surface area contributed by atoms with Crippen molar-refractivity contribution in [2.75, 3.05) is 0 Å². The molecule has 1 atom stereocenters. The van der Waals surface area contributed by atoms with Gasteiger partial charge in [-0.15, -0.1) is 0 Å². The molecule has 1 unspecified atom stereocenters. The molecule has 17 heavy (non-hydrogen) atoms. The average Bonchev–Trinajstić information content (AvgIpc) is 2.24. The van der Waals surface area contributed by atoms with Crippen LogP contribution in [0.25, 0.3) is 0 Å². The molecule has 5 N–H and O–H groups in total. The summed E-state index contributed by atoms with van der Waals surface area (Å²) in [6.45, 7) is 1.83. The van der Waals surface area contributed by atoms with Crippen LogP contribution >= 0.6 is 12.2 Å². The van der Waals surface area contributed by atoms with E-state index < -0.39 is 11.9 Å². The molecule has 0 aliphatic rings. The molecule has 1 amide bonds. The lowest BCUT2D eigenvalue weighted by molar-refractivity contribution is 0.0943. The molecule has 1 rings (SSSR count). The Balaban J connectivity index is 2.86. The summed E-state index contributed by atoms with van der Waals surface area (Å²) in [5.74, 6) is -0.886. The molecule has 0 aliphatic carbocycles. The van der Waals surface area contributed by atoms with Crippen molar-refractivity contribution in [3.05, 3.63) is 23.8 Å². The Labute approximate surface area is 104 Å². The Bertz CT molecular complexity index is 448. The number of nitrogens with two attached hydrogens (primary N) is 1. The maximum atomic E-state index is 11.8. The Morgan fingerprint density at radius 2 is 2.18 bits per heavy atom. The lowest BCUT2D eigenvalue weighted by Gasteiger charge is -2.15. The zero-order chi connectivity index (χ0) is 13.0. The molecule has 0 bridgehead atoms. The minimum Gasteiger partial charge on any atom is -0.508 e. The van der Waals surface area contributed by atoms with E-state index in [9.17, 15) is 9.90 Å². The fourth-order valence-corrected chi connectivity index (χ4v) is 1.55. The normalized spacial score (nSPS) is 11.8. The molecule has 0 saturated carbocycles. The molecular formula is C11H14N2O3S. The number of hydrogen-bond acceptors (Lipinski definition) is 4. The average molecular weight is 254 g/mol. The Kier molecular flexibility index (Phi) is 4.28. The molecule has 0 aliphatic heterocycles. The molecule has 1 aromatic carbocycles. The maximum absolute atomic E-state index is 11.8. The molecule has 0 heterocycles. The minimum absolute atomic E-state index is 0.0671. The van der Waals surface area contributed by atoms with Crippen molar-refractivity contribution in [3.8, 4) is 11.5 Å². The van der Waals surface area contributed by atoms with Crippen LogP contribution in [0.15, 0.2) is 18.2 Å². The number of thiocarbonyl (C=S) groups is 1. The number of hydrogen-bond donors (Lipinski definition) is 4. The SMILES string of the molecule is CCC(NC(=O)c1ccc(O)cc1O)C(N)=S. The van der Waals surface area contributed by atoms with Gasteiger partial charge in [-0.1, -0.05) is 19.1 Å². The van der Waals surface area contributed by atoms with Gasteiger partial charge in [0.1, 0.15) is 11.5 Å². The summed E-state index contributed by atoms with van der Waals surface area (Å²) >= 11 is 4.80. The zero-order valence-electron chi connectivity index (χ0n) is 9.30. The number of aromatic hydroxyl groups is 2. The van der Waals surface area contributed by atoms with Gasteiger partial charge in [-0.3, -0.25) is 4.79 Å². The number of benzene rings is 1. The number of amides is 1. The molecule has 0 saturated heterocycles. The van der Waals surface area contributed by atoms with Gasteiger partial charge in [0, 0.05) is 6.07 Å². The first-order chi connectivity index (χ1) is 7.95. The summed E-state index contributed by atoms with van der Waals surface area (Å²) in [7, 11) is 0. The Morgan fingerprint density at radius 1 is 1.53 bits per heavy atom. The van der Waals surface area contributed by atoms with E-state index in [-0.39, 0.29) is 22.1 Å². The van der Waals surface area contributed by atoms with Gasteiger partial charge in [0.25, 0.3) is 5.91 Å². The summed E-state index contributed by atoms with van der Waals surface area (Å²) in [5.41, 5.74) is 5.52. The predicted molar refractivity (Wildman–Crippen MR) is 68.1 cm³/mol. The quantitative estimate of drug-likeness (QED) is 0.599. The fourth-order valence-electron chi connectivity index (χ4n) is 1.32. The van der Waals surface area contributed by atoms with Crippen molar-refractivity contribution in [2.24, 2.45) is 5.73 Å². The van der Waals surface area contributed by atoms with Crippen LogP contribution in [0.3, 0.4) is 0 Å². The topological polar surface area (TPSA) is 95.6 Å². The van der Waals surface area contributed by atoms with Crippen LogP contribution in [0, 0.1) is 0 Å². The minimum atomic E-state index is -0.484. The van der Waals surface area contributed by atoms with Crippen molar-refractivity contribution in [2.45, 2.75) is 19.4 Å². The summed E-state index contributed by atoms with van der Waals surface area (Å²) in [5, 5.41) is 21.2. The second kappa shape index (κ2) is 5.49. The zero-order valence-corrected chi connectivity index (χ0v) is 10.1. The van der Waals surface area contributed by atoms with Crippen LogP contribution < -0.4 is 11.1 Å². The third-order valence-corrected chi connectivity index (χ3v) is 2.57. The molecule has 1 aromatic rings. The van der Waals surface area contributed by atoms with E-state index in [1.807, 2.05) is 6.92 Å². The number of phenolic OH excluding ortho intramolecular Hbond substituents is 2. The van der Waals surface area contributed by atoms with Crippen LogP contribution in [-0.2, 0) is 0 Å². The largest absolute Gasteiger partial charge is 0.508 e. The number of phenols is 2. The van der Waals surface area contributed by atoms with E-state index in [1.165, 1.54) is 12.1 Å². The van der Waals surface area contributed by atoms with E-state index >= 15 is 0 Å². The van der Waals surface area contributed by atoms with Gasteiger partial charge >= 0.3 is 0 Å². The first kappa shape index (κ1) is 13.2. The van der Waals surface area contributed by atoms with Crippen molar-refractivity contribution in [3.63, 3.8) is 0 Å². The molecule has 0 radical (unpaired) electrons. The third kappa shape index (κ3) is 3.32. The molecule has 6 heteroatoms. The summed E-state index contributed by atoms with van der Waals surface area (Å²) < 4.78 is 0. The molecule has 5 nitrogen and oxygen atoms in total. The highest BCUT2D eigenvalue weighted by molar-refractivity contribution is 7.80. The third-order valence-electron chi connectivity index (χ3n) is 2.28. The highest BCUT2D eigenvalue weighted by atomic mass is 32.1. The first-order valence-electron chi connectivity index (χ1n) is 5.07. The number of nitrogens with one attached hydrogen (secondary N) is 1. The Morgan fingerprint density at radius 3 is 2.65 bits per heavy atom. The van der Waals surface area contributed by atoms with E-state index in [4.69, 9.17) is 23.1 Å². The lowest BCUT2D eigenvalue weighted by atomic mass is 10.1. The number of rotatable bonds is 4. The van der Waals surface area contributed by atoms with Gasteiger partial charge in [-0.25, -0.2) is 0 Å². The number of carbonyl (C=O) groups excluding carboxylic acids is 1. The number of carbonyl (C=O) groups is 1. The molecular weight excluding hydrogens is 240 g/mol. The molecule has 0 spiro atoms. The second-order valence-electron chi connectivity index (χ2n) is 3.54. The first-order valence-corrected chi connectivity index (χ1v) is 5.48. The van der Waals surface area contributed by atoms with E-state index in [2.05, 4.69) is 5.32 Å². The van der Waals surface area contributed by atoms with Gasteiger partial charge < -0.3 is 21.3 Å². The van der Waals surface area contributed by atoms with Crippen molar-refractivity contribution < 1.29 is 15.0 Å². The smallest absolute Gasteiger partial charge is 0.255 e. The van der Waals surface area contributed by atoms with Gasteiger partial charge in [0.2, 0.25) is 0 Å². The maximum Gasteiger partial charge on any atom is 0.255 e. The standard InChI is InChI=1S/C11H14N2O3S/c1-2-8(10(12)17)13-11(16)7-4-3-6(14)5-9(7)15/h3-5,8,14-15H,2H2,1H3,(H2,12,17)(H,13,16). The van der Waals surface area contributed by atoms with Gasteiger partial charge in [0.15, 0.2) is 0 Å². The van der Waals surface area contributed by atoms with Gasteiger partial charge in [0.05, 0.1) is 16.6 Å². The van der Waals surface area contributed by atoms with Crippen molar-refractivity contribution in [1.29, 1.82) is 0 Å². The highest BCUT2D eigenvalue weighted by Crippen LogP contribution is 2.22. The van der Waals surface area contributed by atoms with E-state index in [0.29, 0.717) is 6.42 Å². The fraction of sp³-hybridized carbons (Fsp3) is 0.273. The lowest BCUT2D eigenvalue weighted by Crippen LogP contribution is -2.43. The van der Waals surface area contributed by atoms with Crippen LogP contribution in [0.5, 0.6) is 11.5 Å². The van der Waals surface area contributed by atoms with Crippen LogP contribution in [0.1, 0.15) is 23.7 Å². The monoisotopic (exact) mass is 254 g/mol. The van der Waals surface area contributed by atoms with Crippen molar-refractivity contribution in [1.82, 2.24) is 5.32 Å². The molecule has 0 fully saturated rings. The second-order valence-corrected chi connectivity index (χ2v) is 4.01. The van der Waals surface area contributed by atoms with Gasteiger partial charge in [-0.05, 0) is 18.6 Å². The summed E-state index contributed by atoms with van der Waals surface area (Å²) in [4.78, 5) is 12.0. The van der Waals surface area contributed by atoms with E-state index in [1.54, 1.807) is 0 Å². The van der Waals surface area contributed by atoms with E-state index in [0.717, 1.165) is 6.07 Å². The van der Waals surface area contributed by atoms with Crippen molar-refractivity contribution >= 4 is 23.1 Å². The van der Waals surface area contributed by atoms with Crippen LogP contribution in [0.4, 0.5) is 0 Å². The van der Waals surface area contributed by atoms with Gasteiger partial charge in [-0.2, -0.15) is 0 Å².